The minimum absolute atomic E-state index is 0.575. The van der Waals surface area contributed by atoms with Crippen LogP contribution >= 0.6 is 23.2 Å². The van der Waals surface area contributed by atoms with E-state index < -0.39 is 0 Å². The second-order valence-electron chi connectivity index (χ2n) is 5.46. The van der Waals surface area contributed by atoms with Crippen LogP contribution in [0.3, 0.4) is 0 Å². The summed E-state index contributed by atoms with van der Waals surface area (Å²) < 4.78 is 2.31. The molecule has 0 radical (unpaired) electrons. The van der Waals surface area contributed by atoms with Crippen molar-refractivity contribution < 1.29 is 0 Å². The first-order valence-electron chi connectivity index (χ1n) is 7.24. The van der Waals surface area contributed by atoms with Crippen LogP contribution in [0.5, 0.6) is 0 Å². The number of piperidine rings is 1. The Morgan fingerprint density at radius 3 is 2.85 bits per heavy atom. The first-order chi connectivity index (χ1) is 9.69. The molecule has 108 valence electrons. The lowest BCUT2D eigenvalue weighted by Crippen LogP contribution is -2.32. The maximum absolute atomic E-state index is 6.17. The fraction of sp³-hybridized carbons (Fsp3) is 0.533. The van der Waals surface area contributed by atoms with E-state index in [1.54, 1.807) is 0 Å². The van der Waals surface area contributed by atoms with Crippen LogP contribution in [0.4, 0.5) is 0 Å². The lowest BCUT2D eigenvalue weighted by molar-refractivity contribution is 0.337. The van der Waals surface area contributed by atoms with E-state index in [0.717, 1.165) is 42.9 Å². The van der Waals surface area contributed by atoms with Crippen LogP contribution < -0.4 is 5.32 Å². The molecule has 1 aliphatic heterocycles. The highest BCUT2D eigenvalue weighted by Crippen LogP contribution is 2.29. The van der Waals surface area contributed by atoms with Gasteiger partial charge in [0.2, 0.25) is 0 Å². The zero-order chi connectivity index (χ0) is 14.1. The minimum Gasteiger partial charge on any atom is -0.328 e. The number of nitrogens with zero attached hydrogens (tertiary/aromatic N) is 2. The van der Waals surface area contributed by atoms with E-state index in [1.165, 1.54) is 12.8 Å². The molecule has 0 bridgehead atoms. The van der Waals surface area contributed by atoms with Crippen molar-refractivity contribution in [2.24, 2.45) is 5.92 Å². The number of hydrogen-bond acceptors (Lipinski definition) is 2. The summed E-state index contributed by atoms with van der Waals surface area (Å²) in [4.78, 5) is 4.70. The predicted molar refractivity (Wildman–Crippen MR) is 84.7 cm³/mol. The van der Waals surface area contributed by atoms with Crippen LogP contribution in [0.2, 0.25) is 10.0 Å². The SMILES string of the molecule is CCc1nc2cc(Cl)c(Cl)cc2n1CC1CCCNC1. The maximum atomic E-state index is 6.17. The maximum Gasteiger partial charge on any atom is 0.109 e. The Kier molecular flexibility index (Phi) is 4.20. The summed E-state index contributed by atoms with van der Waals surface area (Å²) in [6.07, 6.45) is 3.45. The molecule has 1 N–H and O–H groups in total. The number of imidazole rings is 1. The molecule has 1 aromatic carbocycles. The van der Waals surface area contributed by atoms with E-state index in [0.29, 0.717) is 16.0 Å². The van der Waals surface area contributed by atoms with E-state index >= 15 is 0 Å². The van der Waals surface area contributed by atoms with Gasteiger partial charge in [-0.3, -0.25) is 0 Å². The summed E-state index contributed by atoms with van der Waals surface area (Å²) in [7, 11) is 0. The zero-order valence-electron chi connectivity index (χ0n) is 11.6. The molecule has 2 heterocycles. The Hall–Kier alpha value is -0.770. The van der Waals surface area contributed by atoms with E-state index in [4.69, 9.17) is 28.2 Å². The molecule has 1 fully saturated rings. The third-order valence-electron chi connectivity index (χ3n) is 4.03. The number of halogens is 2. The van der Waals surface area contributed by atoms with Gasteiger partial charge in [-0.25, -0.2) is 4.98 Å². The fourth-order valence-electron chi connectivity index (χ4n) is 2.98. The highest BCUT2D eigenvalue weighted by molar-refractivity contribution is 6.42. The van der Waals surface area contributed by atoms with Crippen molar-refractivity contribution in [1.29, 1.82) is 0 Å². The number of benzene rings is 1. The number of aryl methyl sites for hydroxylation is 1. The Balaban J connectivity index is 2.00. The van der Waals surface area contributed by atoms with Crippen LogP contribution in [-0.4, -0.2) is 22.6 Å². The summed E-state index contributed by atoms with van der Waals surface area (Å²) in [6.45, 7) is 5.37. The molecule has 3 nitrogen and oxygen atoms in total. The second kappa shape index (κ2) is 5.92. The fourth-order valence-corrected chi connectivity index (χ4v) is 3.30. The van der Waals surface area contributed by atoms with Crippen molar-refractivity contribution in [3.05, 3.63) is 28.0 Å². The largest absolute Gasteiger partial charge is 0.328 e. The topological polar surface area (TPSA) is 29.9 Å². The van der Waals surface area contributed by atoms with Crippen LogP contribution in [-0.2, 0) is 13.0 Å². The smallest absolute Gasteiger partial charge is 0.109 e. The number of fused-ring (bicyclic) bond motifs is 1. The Morgan fingerprint density at radius 1 is 1.35 bits per heavy atom. The quantitative estimate of drug-likeness (QED) is 0.931. The molecule has 3 rings (SSSR count). The van der Waals surface area contributed by atoms with Crippen molar-refractivity contribution in [3.63, 3.8) is 0 Å². The van der Waals surface area contributed by atoms with Crippen molar-refractivity contribution in [2.45, 2.75) is 32.7 Å². The van der Waals surface area contributed by atoms with Gasteiger partial charge in [-0.15, -0.1) is 0 Å². The number of aromatic nitrogens is 2. The number of rotatable bonds is 3. The summed E-state index contributed by atoms with van der Waals surface area (Å²) in [5, 5.41) is 4.65. The van der Waals surface area contributed by atoms with E-state index in [2.05, 4.69) is 16.8 Å². The van der Waals surface area contributed by atoms with E-state index in [1.807, 2.05) is 12.1 Å². The second-order valence-corrected chi connectivity index (χ2v) is 6.27. The Labute approximate surface area is 129 Å². The van der Waals surface area contributed by atoms with Gasteiger partial charge in [0.15, 0.2) is 0 Å². The van der Waals surface area contributed by atoms with Gasteiger partial charge in [0.1, 0.15) is 5.82 Å². The van der Waals surface area contributed by atoms with Crippen LogP contribution in [0.15, 0.2) is 12.1 Å². The predicted octanol–water partition coefficient (Wildman–Crippen LogP) is 3.91. The number of nitrogens with one attached hydrogen (secondary N) is 1. The Morgan fingerprint density at radius 2 is 2.15 bits per heavy atom. The van der Waals surface area contributed by atoms with Gasteiger partial charge in [-0.05, 0) is 44.0 Å². The normalized spacial score (nSPS) is 19.6. The van der Waals surface area contributed by atoms with Crippen molar-refractivity contribution in [1.82, 2.24) is 14.9 Å². The molecule has 1 aromatic heterocycles. The molecule has 2 aromatic rings. The molecule has 0 amide bonds. The average molecular weight is 312 g/mol. The standard InChI is InChI=1S/C15H19Cl2N3/c1-2-15-19-13-6-11(16)12(17)7-14(13)20(15)9-10-4-3-5-18-8-10/h6-7,10,18H,2-5,8-9H2,1H3. The third-order valence-corrected chi connectivity index (χ3v) is 4.75. The van der Waals surface area contributed by atoms with Gasteiger partial charge >= 0.3 is 0 Å². The Bertz CT molecular complexity index is 615. The summed E-state index contributed by atoms with van der Waals surface area (Å²) in [5.74, 6) is 1.78. The number of hydrogen-bond donors (Lipinski definition) is 1. The molecule has 0 saturated carbocycles. The van der Waals surface area contributed by atoms with Crippen molar-refractivity contribution in [2.75, 3.05) is 13.1 Å². The van der Waals surface area contributed by atoms with Gasteiger partial charge < -0.3 is 9.88 Å². The van der Waals surface area contributed by atoms with Crippen molar-refractivity contribution >= 4 is 34.2 Å². The van der Waals surface area contributed by atoms with Gasteiger partial charge in [0.25, 0.3) is 0 Å². The summed E-state index contributed by atoms with van der Waals surface area (Å²) in [6, 6.07) is 3.82. The highest BCUT2D eigenvalue weighted by atomic mass is 35.5. The van der Waals surface area contributed by atoms with Crippen LogP contribution in [0, 0.1) is 5.92 Å². The molecule has 0 spiro atoms. The van der Waals surface area contributed by atoms with Crippen LogP contribution in [0.25, 0.3) is 11.0 Å². The first-order valence-corrected chi connectivity index (χ1v) is 7.99. The molecular formula is C15H19Cl2N3. The van der Waals surface area contributed by atoms with Gasteiger partial charge in [-0.2, -0.15) is 0 Å². The molecule has 1 saturated heterocycles. The van der Waals surface area contributed by atoms with Gasteiger partial charge in [-0.1, -0.05) is 30.1 Å². The first kappa shape index (κ1) is 14.2. The third kappa shape index (κ3) is 2.67. The molecular weight excluding hydrogens is 293 g/mol. The molecule has 1 aliphatic rings. The summed E-state index contributed by atoms with van der Waals surface area (Å²) in [5.41, 5.74) is 2.04. The van der Waals surface area contributed by atoms with E-state index in [-0.39, 0.29) is 0 Å². The zero-order valence-corrected chi connectivity index (χ0v) is 13.1. The lowest BCUT2D eigenvalue weighted by atomic mass is 9.99. The summed E-state index contributed by atoms with van der Waals surface area (Å²) >= 11 is 12.3. The minimum atomic E-state index is 0.575. The molecule has 20 heavy (non-hydrogen) atoms. The monoisotopic (exact) mass is 311 g/mol. The van der Waals surface area contributed by atoms with Gasteiger partial charge in [0, 0.05) is 13.0 Å². The van der Waals surface area contributed by atoms with Gasteiger partial charge in [0.05, 0.1) is 21.1 Å². The molecule has 1 unspecified atom stereocenters. The van der Waals surface area contributed by atoms with Crippen LogP contribution in [0.1, 0.15) is 25.6 Å². The highest BCUT2D eigenvalue weighted by Gasteiger charge is 2.18. The van der Waals surface area contributed by atoms with E-state index in [9.17, 15) is 0 Å². The molecule has 0 aliphatic carbocycles. The molecule has 1 atom stereocenters. The van der Waals surface area contributed by atoms with Crippen molar-refractivity contribution in [3.8, 4) is 0 Å². The molecule has 5 heteroatoms. The lowest BCUT2D eigenvalue weighted by Gasteiger charge is -2.24. The average Bonchev–Trinajstić information content (AvgIpc) is 2.78.